The highest BCUT2D eigenvalue weighted by Crippen LogP contribution is 2.48. The number of aliphatic hydroxyl groups is 2. The molecule has 14 atom stereocenters. The summed E-state index contributed by atoms with van der Waals surface area (Å²) < 4.78 is 45.1. The maximum atomic E-state index is 14.4. The van der Waals surface area contributed by atoms with Crippen LogP contribution < -0.4 is 0 Å². The molecule has 0 aromatic heterocycles. The summed E-state index contributed by atoms with van der Waals surface area (Å²) in [4.78, 5) is 14.4. The van der Waals surface area contributed by atoms with Gasteiger partial charge >= 0.3 is 5.97 Å². The van der Waals surface area contributed by atoms with Gasteiger partial charge in [-0.2, -0.15) is 0 Å². The van der Waals surface area contributed by atoms with Crippen molar-refractivity contribution in [3.05, 3.63) is 47.1 Å². The lowest BCUT2D eigenvalue weighted by Gasteiger charge is -2.51. The number of nitrogens with zero attached hydrogens (tertiary/aromatic N) is 1. The number of aliphatic hydroxyl groups excluding tert-OH is 1. The van der Waals surface area contributed by atoms with Crippen LogP contribution in [-0.4, -0.2) is 107 Å². The van der Waals surface area contributed by atoms with Gasteiger partial charge in [0.05, 0.1) is 37.1 Å². The predicted molar refractivity (Wildman–Crippen MR) is 203 cm³/mol. The van der Waals surface area contributed by atoms with Crippen molar-refractivity contribution in [2.45, 2.75) is 172 Å². The van der Waals surface area contributed by atoms with Crippen LogP contribution in [0.4, 0.5) is 0 Å². The first kappa shape index (κ1) is 40.8. The molecule has 5 fully saturated rings. The Morgan fingerprint density at radius 3 is 2.55 bits per heavy atom. The van der Waals surface area contributed by atoms with Crippen LogP contribution in [-0.2, 0) is 38.0 Å². The van der Waals surface area contributed by atoms with E-state index in [2.05, 4.69) is 32.0 Å². The van der Waals surface area contributed by atoms with Crippen LogP contribution in [0.5, 0.6) is 0 Å². The molecular weight excluding hydrogens is 706 g/mol. The average Bonchev–Trinajstić information content (AvgIpc) is 3.50. The lowest BCUT2D eigenvalue weighted by molar-refractivity contribution is -0.342. The minimum absolute atomic E-state index is 0.0359. The fourth-order valence-electron chi connectivity index (χ4n) is 10.4. The minimum atomic E-state index is -1.83. The third-order valence-electron chi connectivity index (χ3n) is 13.6. The predicted octanol–water partition coefficient (Wildman–Crippen LogP) is 6.07. The molecule has 4 saturated heterocycles. The van der Waals surface area contributed by atoms with E-state index in [-0.39, 0.29) is 30.4 Å². The second-order valence-electron chi connectivity index (χ2n) is 17.4. The molecule has 12 heteroatoms. The first-order valence-electron chi connectivity index (χ1n) is 20.7. The van der Waals surface area contributed by atoms with Crippen LogP contribution in [0.3, 0.4) is 0 Å². The summed E-state index contributed by atoms with van der Waals surface area (Å²) in [5.41, 5.74) is 0.362. The van der Waals surface area contributed by atoms with Crippen molar-refractivity contribution in [1.29, 1.82) is 0 Å². The Morgan fingerprint density at radius 1 is 1.02 bits per heavy atom. The number of carbonyl (C=O) groups is 1. The van der Waals surface area contributed by atoms with Crippen LogP contribution in [0.1, 0.15) is 105 Å². The van der Waals surface area contributed by atoms with E-state index in [9.17, 15) is 20.2 Å². The maximum absolute atomic E-state index is 14.4. The summed E-state index contributed by atoms with van der Waals surface area (Å²) in [6.07, 6.45) is 14.4. The van der Waals surface area contributed by atoms with Gasteiger partial charge in [-0.15, -0.1) is 0 Å². The van der Waals surface area contributed by atoms with Crippen LogP contribution >= 0.6 is 0 Å². The summed E-state index contributed by atoms with van der Waals surface area (Å²) in [5.74, 6) is -1.83. The molecule has 55 heavy (non-hydrogen) atoms. The van der Waals surface area contributed by atoms with E-state index >= 15 is 0 Å². The highest BCUT2D eigenvalue weighted by Gasteiger charge is 2.60. The fraction of sp³-hybridized carbons (Fsp3) is 0.767. The van der Waals surface area contributed by atoms with Crippen molar-refractivity contribution in [3.63, 3.8) is 0 Å². The van der Waals surface area contributed by atoms with E-state index in [0.717, 1.165) is 24.8 Å². The van der Waals surface area contributed by atoms with Crippen LogP contribution in [0, 0.1) is 23.7 Å². The highest BCUT2D eigenvalue weighted by atomic mass is 16.7. The van der Waals surface area contributed by atoms with Crippen molar-refractivity contribution >= 4 is 11.7 Å². The standard InChI is InChI=1S/C43H63NO11/c1-24-11-10-14-30-23-50-40-36(44-48)27(4)19-33(43(30,40)47)41(46)52-32-20-31(16-15-25(2)38(24)53-35-21-34(49-6)37(45)28(5)51-35)54-42(22-32)18-17-26(3)39(55-42)29-12-8-7-9-13-29/h10-11,14-15,19,24,26,28-29,31-35,37-40,45,47-48H,7-9,12-13,16-18,20-23H2,1-6H3/b11-10+,25-15-,30-14+,44-36-/t24-,26-,28-,31+,32-,33-,34-,35-,37-,38-,39-,40+,42+,43+/m0/s1. The topological polar surface area (TPSA) is 155 Å². The molecule has 7 rings (SSSR count). The number of fused-ring (bicyclic) bond motifs is 2. The van der Waals surface area contributed by atoms with E-state index in [1.54, 1.807) is 26.2 Å². The molecule has 3 N–H and O–H groups in total. The highest BCUT2D eigenvalue weighted by molar-refractivity contribution is 6.06. The minimum Gasteiger partial charge on any atom is -0.462 e. The number of oxime groups is 1. The van der Waals surface area contributed by atoms with Gasteiger partial charge < -0.3 is 48.6 Å². The number of hydrogen-bond donors (Lipinski definition) is 3. The molecule has 2 aliphatic carbocycles. The van der Waals surface area contributed by atoms with Crippen molar-refractivity contribution in [2.75, 3.05) is 13.7 Å². The quantitative estimate of drug-likeness (QED) is 0.132. The zero-order valence-corrected chi connectivity index (χ0v) is 33.4. The molecule has 12 nitrogen and oxygen atoms in total. The summed E-state index contributed by atoms with van der Waals surface area (Å²) in [5, 5.41) is 36.7. The molecule has 0 radical (unpaired) electrons. The van der Waals surface area contributed by atoms with Crippen molar-refractivity contribution in [1.82, 2.24) is 0 Å². The third-order valence-corrected chi connectivity index (χ3v) is 13.6. The molecule has 0 aromatic carbocycles. The van der Waals surface area contributed by atoms with Crippen LogP contribution in [0.15, 0.2) is 52.3 Å². The lowest BCUT2D eigenvalue weighted by Crippen LogP contribution is -2.57. The van der Waals surface area contributed by atoms with Gasteiger partial charge in [0.1, 0.15) is 35.5 Å². The average molecular weight is 770 g/mol. The number of hydrogen-bond acceptors (Lipinski definition) is 12. The normalized spacial score (nSPS) is 47.9. The molecule has 1 spiro atoms. The van der Waals surface area contributed by atoms with E-state index in [1.165, 1.54) is 19.3 Å². The number of methoxy groups -OCH3 is 1. The number of rotatable bonds is 4. The second kappa shape index (κ2) is 16.8. The molecule has 5 aliphatic heterocycles. The number of carbonyl (C=O) groups excluding carboxylic acids is 1. The van der Waals surface area contributed by atoms with Gasteiger partial charge in [0.2, 0.25) is 0 Å². The van der Waals surface area contributed by atoms with Gasteiger partial charge in [-0.3, -0.25) is 4.79 Å². The van der Waals surface area contributed by atoms with E-state index < -0.39 is 66.2 Å². The Balaban J connectivity index is 1.25. The second-order valence-corrected chi connectivity index (χ2v) is 17.4. The number of esters is 1. The number of ether oxygens (including phenoxy) is 7. The van der Waals surface area contributed by atoms with Gasteiger partial charge in [0.15, 0.2) is 12.1 Å². The Kier molecular flexibility index (Phi) is 12.5. The Morgan fingerprint density at radius 2 is 1.80 bits per heavy atom. The Hall–Kier alpha value is -2.42. The van der Waals surface area contributed by atoms with Crippen LogP contribution in [0.2, 0.25) is 0 Å². The first-order valence-corrected chi connectivity index (χ1v) is 20.7. The molecular formula is C43H63NO11. The molecule has 0 aromatic rings. The molecule has 7 aliphatic rings. The van der Waals surface area contributed by atoms with Gasteiger partial charge in [0.25, 0.3) is 0 Å². The lowest BCUT2D eigenvalue weighted by atomic mass is 9.71. The zero-order valence-electron chi connectivity index (χ0n) is 33.4. The molecule has 0 amide bonds. The SMILES string of the molecule is CO[C@H]1C[C@H](O[C@@H]2/C(C)=C\C[C@@H]3C[C@@H](C[C@]4(CC[C@H](C)[C@@H](C5CCCCC5)O4)O3)OC(=O)[C@@H]3C=C(C)/C(=N/O)[C@H]4OC/C(=C\C=C\[C@@H]2C)[C@]43O)O[C@@H](C)[C@@H]1O. The molecule has 306 valence electrons. The molecule has 0 unspecified atom stereocenters. The summed E-state index contributed by atoms with van der Waals surface area (Å²) in [6.45, 7) is 10.0. The Bertz CT molecular complexity index is 1550. The van der Waals surface area contributed by atoms with Gasteiger partial charge in [-0.25, -0.2) is 0 Å². The maximum Gasteiger partial charge on any atom is 0.316 e. The van der Waals surface area contributed by atoms with Crippen molar-refractivity contribution in [2.24, 2.45) is 28.8 Å². The summed E-state index contributed by atoms with van der Waals surface area (Å²) in [7, 11) is 1.59. The third kappa shape index (κ3) is 8.17. The monoisotopic (exact) mass is 769 g/mol. The van der Waals surface area contributed by atoms with E-state index in [1.807, 2.05) is 19.1 Å². The van der Waals surface area contributed by atoms with Crippen molar-refractivity contribution < 1.29 is 53.4 Å². The number of allylic oxidation sites excluding steroid dienone is 2. The largest absolute Gasteiger partial charge is 0.462 e. The smallest absolute Gasteiger partial charge is 0.316 e. The summed E-state index contributed by atoms with van der Waals surface area (Å²) >= 11 is 0. The molecule has 5 heterocycles. The fourth-order valence-corrected chi connectivity index (χ4v) is 10.4. The first-order chi connectivity index (χ1) is 26.4. The Labute approximate surface area is 325 Å². The van der Waals surface area contributed by atoms with E-state index in [4.69, 9.17) is 33.2 Å². The van der Waals surface area contributed by atoms with Gasteiger partial charge in [-0.05, 0) is 75.0 Å². The van der Waals surface area contributed by atoms with E-state index in [0.29, 0.717) is 55.1 Å². The zero-order chi connectivity index (χ0) is 39.1. The van der Waals surface area contributed by atoms with Gasteiger partial charge in [0, 0.05) is 38.7 Å². The molecule has 2 bridgehead atoms. The van der Waals surface area contributed by atoms with Crippen LogP contribution in [0.25, 0.3) is 0 Å². The van der Waals surface area contributed by atoms with Crippen molar-refractivity contribution in [3.8, 4) is 0 Å². The molecule has 1 saturated carbocycles. The summed E-state index contributed by atoms with van der Waals surface area (Å²) in [6, 6.07) is 0. The van der Waals surface area contributed by atoms with Gasteiger partial charge in [-0.1, -0.05) is 68.6 Å².